The molecule has 0 aromatic carbocycles. The molecule has 1 aliphatic rings. The van der Waals surface area contributed by atoms with Gasteiger partial charge in [0.15, 0.2) is 5.65 Å². The first-order valence-corrected chi connectivity index (χ1v) is 10.2. The Morgan fingerprint density at radius 2 is 2.07 bits per heavy atom. The van der Waals surface area contributed by atoms with Crippen LogP contribution in [0.5, 0.6) is 0 Å². The maximum Gasteiger partial charge on any atom is 0.222 e. The fourth-order valence-corrected chi connectivity index (χ4v) is 4.07. The smallest absolute Gasteiger partial charge is 0.222 e. The Balaban J connectivity index is 1.41. The second kappa shape index (κ2) is 8.69. The van der Waals surface area contributed by atoms with Gasteiger partial charge < -0.3 is 14.2 Å². The van der Waals surface area contributed by atoms with Gasteiger partial charge in [-0.1, -0.05) is 6.07 Å². The molecule has 1 atom stereocenters. The molecule has 4 rings (SSSR count). The minimum Gasteiger partial charge on any atom is -0.383 e. The number of rotatable bonds is 7. The summed E-state index contributed by atoms with van der Waals surface area (Å²) in [7, 11) is 1.70. The molecule has 0 saturated carbocycles. The van der Waals surface area contributed by atoms with E-state index in [0.29, 0.717) is 19.6 Å². The predicted octanol–water partition coefficient (Wildman–Crippen LogP) is 2.94. The van der Waals surface area contributed by atoms with Crippen molar-refractivity contribution in [3.63, 3.8) is 0 Å². The first-order chi connectivity index (χ1) is 14.2. The van der Waals surface area contributed by atoms with E-state index in [1.165, 1.54) is 0 Å². The van der Waals surface area contributed by atoms with Gasteiger partial charge in [0.2, 0.25) is 5.91 Å². The molecule has 29 heavy (non-hydrogen) atoms. The van der Waals surface area contributed by atoms with Crippen molar-refractivity contribution in [2.24, 2.45) is 0 Å². The van der Waals surface area contributed by atoms with Crippen LogP contribution in [-0.4, -0.2) is 50.6 Å². The average molecular weight is 393 g/mol. The van der Waals surface area contributed by atoms with Gasteiger partial charge in [-0.2, -0.15) is 0 Å². The number of pyridine rings is 2. The molecule has 152 valence electrons. The molecule has 0 spiro atoms. The van der Waals surface area contributed by atoms with Gasteiger partial charge in [-0.3, -0.25) is 9.78 Å². The number of amides is 1. The minimum atomic E-state index is 0.136. The molecule has 3 aromatic heterocycles. The van der Waals surface area contributed by atoms with E-state index in [2.05, 4.69) is 27.5 Å². The first kappa shape index (κ1) is 19.5. The second-order valence-corrected chi connectivity index (χ2v) is 7.58. The Morgan fingerprint density at radius 3 is 2.93 bits per heavy atom. The zero-order chi connectivity index (χ0) is 20.2. The van der Waals surface area contributed by atoms with E-state index < -0.39 is 0 Å². The molecule has 1 aliphatic heterocycles. The fourth-order valence-electron chi connectivity index (χ4n) is 4.07. The highest BCUT2D eigenvalue weighted by Crippen LogP contribution is 2.22. The minimum absolute atomic E-state index is 0.136. The zero-order valence-electron chi connectivity index (χ0n) is 17.0. The lowest BCUT2D eigenvalue weighted by Crippen LogP contribution is -2.36. The number of imidazole rings is 1. The van der Waals surface area contributed by atoms with Crippen molar-refractivity contribution >= 4 is 17.1 Å². The van der Waals surface area contributed by atoms with Crippen LogP contribution in [0.15, 0.2) is 36.7 Å². The summed E-state index contributed by atoms with van der Waals surface area (Å²) in [6, 6.07) is 8.01. The molecule has 0 saturated heterocycles. The number of hydrogen-bond donors (Lipinski definition) is 0. The van der Waals surface area contributed by atoms with E-state index in [4.69, 9.17) is 9.72 Å². The van der Waals surface area contributed by atoms with Crippen LogP contribution in [0.25, 0.3) is 11.2 Å². The fraction of sp³-hybridized carbons (Fsp3) is 0.455. The third kappa shape index (κ3) is 4.15. The number of hydrogen-bond acceptors (Lipinski definition) is 5. The van der Waals surface area contributed by atoms with Gasteiger partial charge in [-0.15, -0.1) is 0 Å². The lowest BCUT2D eigenvalue weighted by atomic mass is 10.1. The molecular formula is C22H27N5O2. The number of carbonyl (C=O) groups is 1. The van der Waals surface area contributed by atoms with E-state index in [0.717, 1.165) is 54.1 Å². The van der Waals surface area contributed by atoms with Crippen molar-refractivity contribution in [3.05, 3.63) is 53.7 Å². The highest BCUT2D eigenvalue weighted by Gasteiger charge is 2.22. The summed E-state index contributed by atoms with van der Waals surface area (Å²) in [5.41, 5.74) is 4.04. The van der Waals surface area contributed by atoms with E-state index in [1.807, 2.05) is 29.3 Å². The van der Waals surface area contributed by atoms with Crippen molar-refractivity contribution in [1.82, 2.24) is 24.4 Å². The molecule has 0 radical (unpaired) electrons. The molecule has 3 aromatic rings. The van der Waals surface area contributed by atoms with Crippen molar-refractivity contribution in [2.45, 2.75) is 45.2 Å². The monoisotopic (exact) mass is 393 g/mol. The molecule has 0 bridgehead atoms. The van der Waals surface area contributed by atoms with Gasteiger partial charge in [0, 0.05) is 57.5 Å². The third-order valence-corrected chi connectivity index (χ3v) is 5.48. The highest BCUT2D eigenvalue weighted by atomic mass is 16.5. The summed E-state index contributed by atoms with van der Waals surface area (Å²) in [6.45, 7) is 4.10. The van der Waals surface area contributed by atoms with E-state index in [-0.39, 0.29) is 11.9 Å². The molecule has 4 heterocycles. The molecule has 0 fully saturated rings. The Labute approximate surface area is 170 Å². The molecule has 7 heteroatoms. The number of methoxy groups -OCH3 is 1. The number of aromatic nitrogens is 4. The molecule has 0 aliphatic carbocycles. The summed E-state index contributed by atoms with van der Waals surface area (Å²) in [5.74, 6) is 1.16. The largest absolute Gasteiger partial charge is 0.383 e. The SMILES string of the molecule is COC[C@H](C)n1c(CCCC(=O)N2CCc3ncccc3C2)nc2cccnc21. The van der Waals surface area contributed by atoms with Crippen LogP contribution in [0.1, 0.15) is 42.9 Å². The van der Waals surface area contributed by atoms with Gasteiger partial charge in [0.1, 0.15) is 11.3 Å². The number of carbonyl (C=O) groups excluding carboxylic acids is 1. The normalized spacial score (nSPS) is 14.8. The van der Waals surface area contributed by atoms with Gasteiger partial charge in [-0.05, 0) is 37.1 Å². The quantitative estimate of drug-likeness (QED) is 0.617. The number of aryl methyl sites for hydroxylation is 1. The van der Waals surface area contributed by atoms with Crippen LogP contribution in [0.4, 0.5) is 0 Å². The number of fused-ring (bicyclic) bond motifs is 2. The van der Waals surface area contributed by atoms with Crippen molar-refractivity contribution in [3.8, 4) is 0 Å². The third-order valence-electron chi connectivity index (χ3n) is 5.48. The van der Waals surface area contributed by atoms with Gasteiger partial charge in [0.05, 0.1) is 12.6 Å². The predicted molar refractivity (Wildman–Crippen MR) is 110 cm³/mol. The Kier molecular flexibility index (Phi) is 5.85. The standard InChI is InChI=1S/C22H27N5O2/c1-16(15-29-2)27-20(25-19-7-5-12-24-22(19)27)8-3-9-21(28)26-13-10-18-17(14-26)6-4-11-23-18/h4-7,11-12,16H,3,8-10,13-15H2,1-2H3/t16-/m0/s1. The summed E-state index contributed by atoms with van der Waals surface area (Å²) in [5, 5.41) is 0. The zero-order valence-corrected chi connectivity index (χ0v) is 17.0. The van der Waals surface area contributed by atoms with Crippen LogP contribution in [0, 0.1) is 0 Å². The van der Waals surface area contributed by atoms with Crippen LogP contribution < -0.4 is 0 Å². The number of nitrogens with zero attached hydrogens (tertiary/aromatic N) is 5. The van der Waals surface area contributed by atoms with Crippen molar-refractivity contribution in [1.29, 1.82) is 0 Å². The van der Waals surface area contributed by atoms with Crippen molar-refractivity contribution < 1.29 is 9.53 Å². The van der Waals surface area contributed by atoms with Gasteiger partial charge in [-0.25, -0.2) is 9.97 Å². The van der Waals surface area contributed by atoms with Crippen molar-refractivity contribution in [2.75, 3.05) is 20.3 Å². The molecular weight excluding hydrogens is 366 g/mol. The van der Waals surface area contributed by atoms with Gasteiger partial charge >= 0.3 is 0 Å². The Bertz CT molecular complexity index is 1000. The van der Waals surface area contributed by atoms with Crippen LogP contribution in [-0.2, 0) is 28.9 Å². The average Bonchev–Trinajstić information content (AvgIpc) is 3.11. The van der Waals surface area contributed by atoms with Gasteiger partial charge in [0.25, 0.3) is 0 Å². The van der Waals surface area contributed by atoms with E-state index in [1.54, 1.807) is 13.3 Å². The summed E-state index contributed by atoms with van der Waals surface area (Å²) in [4.78, 5) is 28.4. The van der Waals surface area contributed by atoms with Crippen LogP contribution in [0.3, 0.4) is 0 Å². The first-order valence-electron chi connectivity index (χ1n) is 10.2. The second-order valence-electron chi connectivity index (χ2n) is 7.58. The molecule has 0 N–H and O–H groups in total. The molecule has 7 nitrogen and oxygen atoms in total. The Hall–Kier alpha value is -2.80. The molecule has 0 unspecified atom stereocenters. The number of ether oxygens (including phenoxy) is 1. The summed E-state index contributed by atoms with van der Waals surface area (Å²) in [6.07, 6.45) is 6.46. The van der Waals surface area contributed by atoms with Crippen LogP contribution in [0.2, 0.25) is 0 Å². The lowest BCUT2D eigenvalue weighted by Gasteiger charge is -2.28. The topological polar surface area (TPSA) is 73.1 Å². The highest BCUT2D eigenvalue weighted by molar-refractivity contribution is 5.76. The summed E-state index contributed by atoms with van der Waals surface area (Å²) < 4.78 is 7.48. The lowest BCUT2D eigenvalue weighted by molar-refractivity contribution is -0.132. The maximum absolute atomic E-state index is 12.7. The van der Waals surface area contributed by atoms with E-state index in [9.17, 15) is 4.79 Å². The van der Waals surface area contributed by atoms with Crippen LogP contribution >= 0.6 is 0 Å². The Morgan fingerprint density at radius 1 is 1.24 bits per heavy atom. The molecule has 1 amide bonds. The van der Waals surface area contributed by atoms with E-state index >= 15 is 0 Å². The summed E-state index contributed by atoms with van der Waals surface area (Å²) >= 11 is 0. The maximum atomic E-state index is 12.7.